The summed E-state index contributed by atoms with van der Waals surface area (Å²) in [5, 5.41) is 5.27. The molecule has 2 aromatic heterocycles. The Balaban J connectivity index is 1.37. The number of hydrogen-bond donors (Lipinski definition) is 2. The number of fused-ring (bicyclic) bond motifs is 2. The Hall–Kier alpha value is -3.23. The van der Waals surface area contributed by atoms with Crippen molar-refractivity contribution in [1.82, 2.24) is 9.97 Å². The monoisotopic (exact) mass is 503 g/mol. The number of ketones is 1. The molecule has 4 aromatic rings. The van der Waals surface area contributed by atoms with Crippen LogP contribution in [0.3, 0.4) is 0 Å². The first-order valence-corrected chi connectivity index (χ1v) is 13.4. The fraction of sp³-hybridized carbons (Fsp3) is 0.259. The summed E-state index contributed by atoms with van der Waals surface area (Å²) in [5.74, 6) is -0.241. The predicted octanol–water partition coefficient (Wildman–Crippen LogP) is 5.85. The Morgan fingerprint density at radius 2 is 1.83 bits per heavy atom. The molecule has 0 bridgehead atoms. The van der Waals surface area contributed by atoms with Gasteiger partial charge < -0.3 is 10.3 Å². The zero-order valence-electron chi connectivity index (χ0n) is 19.5. The van der Waals surface area contributed by atoms with Crippen molar-refractivity contribution in [3.8, 4) is 11.1 Å². The third kappa shape index (κ3) is 4.94. The van der Waals surface area contributed by atoms with E-state index >= 15 is 0 Å². The Kier molecular flexibility index (Phi) is 6.58. The second kappa shape index (κ2) is 9.79. The topological polar surface area (TPSA) is 91.9 Å². The van der Waals surface area contributed by atoms with Crippen LogP contribution in [0.4, 0.5) is 5.69 Å². The molecule has 0 saturated heterocycles. The highest BCUT2D eigenvalue weighted by molar-refractivity contribution is 8.00. The highest BCUT2D eigenvalue weighted by atomic mass is 32.2. The molecule has 35 heavy (non-hydrogen) atoms. The van der Waals surface area contributed by atoms with Gasteiger partial charge in [0.15, 0.2) is 10.9 Å². The lowest BCUT2D eigenvalue weighted by Gasteiger charge is -2.16. The minimum absolute atomic E-state index is 0.0759. The van der Waals surface area contributed by atoms with E-state index in [9.17, 15) is 14.4 Å². The molecule has 1 aliphatic rings. The summed E-state index contributed by atoms with van der Waals surface area (Å²) in [4.78, 5) is 45.4. The van der Waals surface area contributed by atoms with Gasteiger partial charge in [-0.1, -0.05) is 30.0 Å². The molecule has 2 heterocycles. The van der Waals surface area contributed by atoms with Gasteiger partial charge in [0.2, 0.25) is 5.91 Å². The molecule has 178 valence electrons. The van der Waals surface area contributed by atoms with Gasteiger partial charge >= 0.3 is 0 Å². The molecule has 2 N–H and O–H groups in total. The molecule has 0 saturated carbocycles. The molecular formula is C27H25N3O3S2. The van der Waals surface area contributed by atoms with Crippen molar-refractivity contribution in [2.45, 2.75) is 49.9 Å². The molecular weight excluding hydrogens is 478 g/mol. The number of H-pyrrole nitrogens is 1. The van der Waals surface area contributed by atoms with E-state index in [1.807, 2.05) is 5.38 Å². The molecule has 6 nitrogen and oxygen atoms in total. The standard InChI is InChI=1S/C27H25N3O3S2/c1-15(24(32)18-9-11-21(12-10-18)28-16(2)31)35-27-29-25(33)23-22(14-34-26(23)30-27)20-8-7-17-5-3-4-6-19(17)13-20/h7-15H,3-6H2,1-2H3,(H,28,31)(H,29,30,33). The third-order valence-electron chi connectivity index (χ3n) is 6.23. The zero-order chi connectivity index (χ0) is 24.5. The van der Waals surface area contributed by atoms with Crippen LogP contribution < -0.4 is 10.9 Å². The Morgan fingerprint density at radius 1 is 1.09 bits per heavy atom. The van der Waals surface area contributed by atoms with Gasteiger partial charge in [-0.2, -0.15) is 0 Å². The number of amides is 1. The van der Waals surface area contributed by atoms with Crippen LogP contribution >= 0.6 is 23.1 Å². The summed E-state index contributed by atoms with van der Waals surface area (Å²) in [6.45, 7) is 3.23. The van der Waals surface area contributed by atoms with Crippen LogP contribution in [0.5, 0.6) is 0 Å². The highest BCUT2D eigenvalue weighted by Crippen LogP contribution is 2.34. The van der Waals surface area contributed by atoms with Crippen LogP contribution in [-0.2, 0) is 17.6 Å². The van der Waals surface area contributed by atoms with Crippen molar-refractivity contribution in [3.05, 3.63) is 74.9 Å². The van der Waals surface area contributed by atoms with E-state index in [-0.39, 0.29) is 17.2 Å². The second-order valence-electron chi connectivity index (χ2n) is 8.77. The highest BCUT2D eigenvalue weighted by Gasteiger charge is 2.20. The van der Waals surface area contributed by atoms with Gasteiger partial charge in [0.1, 0.15) is 4.83 Å². The molecule has 0 fully saturated rings. The average molecular weight is 504 g/mol. The van der Waals surface area contributed by atoms with Gasteiger partial charge in [-0.15, -0.1) is 11.3 Å². The number of Topliss-reactive ketones (excluding diaryl/α,β-unsaturated/α-hetero) is 1. The zero-order valence-corrected chi connectivity index (χ0v) is 21.1. The summed E-state index contributed by atoms with van der Waals surface area (Å²) < 4.78 is 0. The Bertz CT molecular complexity index is 1490. The van der Waals surface area contributed by atoms with Crippen molar-refractivity contribution in [2.24, 2.45) is 0 Å². The van der Waals surface area contributed by atoms with E-state index in [2.05, 4.69) is 33.5 Å². The number of anilines is 1. The first kappa shape index (κ1) is 23.5. The van der Waals surface area contributed by atoms with Crippen molar-refractivity contribution in [3.63, 3.8) is 0 Å². The maximum atomic E-state index is 13.1. The molecule has 1 atom stereocenters. The molecule has 8 heteroatoms. The summed E-state index contributed by atoms with van der Waals surface area (Å²) in [5.41, 5.74) is 5.73. The number of carbonyl (C=O) groups excluding carboxylic acids is 2. The average Bonchev–Trinajstić information content (AvgIpc) is 3.28. The minimum Gasteiger partial charge on any atom is -0.326 e. The summed E-state index contributed by atoms with van der Waals surface area (Å²) in [7, 11) is 0. The van der Waals surface area contributed by atoms with Gasteiger partial charge in [-0.25, -0.2) is 4.98 Å². The van der Waals surface area contributed by atoms with E-state index in [4.69, 9.17) is 0 Å². The van der Waals surface area contributed by atoms with Crippen LogP contribution in [-0.4, -0.2) is 26.9 Å². The molecule has 2 aromatic carbocycles. The smallest absolute Gasteiger partial charge is 0.260 e. The summed E-state index contributed by atoms with van der Waals surface area (Å²) >= 11 is 2.68. The number of aromatic amines is 1. The van der Waals surface area contributed by atoms with Crippen LogP contribution in [0.15, 0.2) is 57.8 Å². The summed E-state index contributed by atoms with van der Waals surface area (Å²) in [6, 6.07) is 13.3. The summed E-state index contributed by atoms with van der Waals surface area (Å²) in [6.07, 6.45) is 4.66. The number of aryl methyl sites for hydroxylation is 2. The van der Waals surface area contributed by atoms with Crippen molar-refractivity contribution >= 4 is 50.7 Å². The number of nitrogens with zero attached hydrogens (tertiary/aromatic N) is 1. The molecule has 0 aliphatic heterocycles. The lowest BCUT2D eigenvalue weighted by molar-refractivity contribution is -0.114. The fourth-order valence-electron chi connectivity index (χ4n) is 4.48. The molecule has 0 radical (unpaired) electrons. The van der Waals surface area contributed by atoms with Gasteiger partial charge in [-0.05, 0) is 73.6 Å². The van der Waals surface area contributed by atoms with Crippen molar-refractivity contribution < 1.29 is 9.59 Å². The van der Waals surface area contributed by atoms with Gasteiger partial charge in [0.05, 0.1) is 10.6 Å². The maximum Gasteiger partial charge on any atom is 0.260 e. The van der Waals surface area contributed by atoms with Crippen LogP contribution in [0.1, 0.15) is 48.2 Å². The lowest BCUT2D eigenvalue weighted by Crippen LogP contribution is -2.16. The minimum atomic E-state index is -0.442. The van der Waals surface area contributed by atoms with E-state index in [1.165, 1.54) is 54.0 Å². The number of nitrogens with one attached hydrogen (secondary N) is 2. The Labute approximate surface area is 211 Å². The second-order valence-corrected chi connectivity index (χ2v) is 11.0. The van der Waals surface area contributed by atoms with Crippen LogP contribution in [0.25, 0.3) is 21.3 Å². The van der Waals surface area contributed by atoms with Gasteiger partial charge in [0, 0.05) is 29.1 Å². The normalized spacial score (nSPS) is 13.9. The number of carbonyl (C=O) groups is 2. The third-order valence-corrected chi connectivity index (χ3v) is 8.09. The van der Waals surface area contributed by atoms with E-state index in [0.29, 0.717) is 26.6 Å². The Morgan fingerprint density at radius 3 is 2.57 bits per heavy atom. The SMILES string of the molecule is CC(=O)Nc1ccc(C(=O)C(C)Sc2nc3scc(-c4ccc5c(c4)CCCC5)c3c(=O)[nH]2)cc1. The fourth-order valence-corrected chi connectivity index (χ4v) is 6.35. The van der Waals surface area contributed by atoms with E-state index in [0.717, 1.165) is 24.0 Å². The number of aromatic nitrogens is 2. The van der Waals surface area contributed by atoms with Crippen LogP contribution in [0.2, 0.25) is 0 Å². The van der Waals surface area contributed by atoms with E-state index in [1.54, 1.807) is 31.2 Å². The van der Waals surface area contributed by atoms with E-state index < -0.39 is 5.25 Å². The maximum absolute atomic E-state index is 13.1. The van der Waals surface area contributed by atoms with Gasteiger partial charge in [0.25, 0.3) is 5.56 Å². The van der Waals surface area contributed by atoms with Crippen molar-refractivity contribution in [1.29, 1.82) is 0 Å². The molecule has 1 unspecified atom stereocenters. The lowest BCUT2D eigenvalue weighted by atomic mass is 9.89. The molecule has 5 rings (SSSR count). The predicted molar refractivity (Wildman–Crippen MR) is 143 cm³/mol. The molecule has 1 amide bonds. The number of benzene rings is 2. The van der Waals surface area contributed by atoms with Crippen LogP contribution in [0, 0.1) is 0 Å². The quantitative estimate of drug-likeness (QED) is 0.196. The first-order valence-electron chi connectivity index (χ1n) is 11.6. The first-order chi connectivity index (χ1) is 16.9. The number of hydrogen-bond acceptors (Lipinski definition) is 6. The number of thioether (sulfide) groups is 1. The molecule has 1 aliphatic carbocycles. The van der Waals surface area contributed by atoms with Crippen molar-refractivity contribution in [2.75, 3.05) is 5.32 Å². The number of thiophene rings is 1. The largest absolute Gasteiger partial charge is 0.326 e. The molecule has 0 spiro atoms. The van der Waals surface area contributed by atoms with Gasteiger partial charge in [-0.3, -0.25) is 14.4 Å². The number of rotatable bonds is 6.